The monoisotopic (exact) mass is 502 g/mol. The van der Waals surface area contributed by atoms with Crippen molar-refractivity contribution in [2.75, 3.05) is 31.2 Å². The maximum Gasteiger partial charge on any atom is 0.349 e. The van der Waals surface area contributed by atoms with Crippen LogP contribution in [0.2, 0.25) is 0 Å². The van der Waals surface area contributed by atoms with Crippen LogP contribution in [0.4, 0.5) is 5.69 Å². The van der Waals surface area contributed by atoms with Crippen LogP contribution in [0.15, 0.2) is 72.8 Å². The summed E-state index contributed by atoms with van der Waals surface area (Å²) in [6.45, 7) is 14.7. The number of rotatable bonds is 14. The van der Waals surface area contributed by atoms with Gasteiger partial charge < -0.3 is 19.1 Å². The second-order valence-corrected chi connectivity index (χ2v) is 8.30. The first kappa shape index (κ1) is 29.1. The fourth-order valence-electron chi connectivity index (χ4n) is 3.35. The molecule has 0 spiro atoms. The zero-order chi connectivity index (χ0) is 27.2. The third-order valence-corrected chi connectivity index (χ3v) is 5.48. The smallest absolute Gasteiger partial charge is 0.349 e. The van der Waals surface area contributed by atoms with Crippen molar-refractivity contribution in [3.05, 3.63) is 89.5 Å². The van der Waals surface area contributed by atoms with Crippen LogP contribution in [0.1, 0.15) is 37.5 Å². The first-order valence-electron chi connectivity index (χ1n) is 12.1. The van der Waals surface area contributed by atoms with Gasteiger partial charge in [-0.3, -0.25) is 0 Å². The van der Waals surface area contributed by atoms with Crippen LogP contribution in [-0.4, -0.2) is 44.3 Å². The summed E-state index contributed by atoms with van der Waals surface area (Å²) >= 11 is 0. The van der Waals surface area contributed by atoms with Crippen LogP contribution in [0, 0.1) is 11.3 Å². The molecule has 2 rings (SSSR count). The molecule has 37 heavy (non-hydrogen) atoms. The quantitative estimate of drug-likeness (QED) is 0.196. The number of nitrogens with zero attached hydrogens (tertiary/aromatic N) is 2. The molecule has 2 aromatic rings. The van der Waals surface area contributed by atoms with E-state index in [0.29, 0.717) is 5.56 Å². The third kappa shape index (κ3) is 9.43. The first-order valence-corrected chi connectivity index (χ1v) is 12.1. The Bertz CT molecular complexity index is 1140. The Kier molecular flexibility index (Phi) is 11.8. The van der Waals surface area contributed by atoms with Crippen molar-refractivity contribution in [1.82, 2.24) is 0 Å². The van der Waals surface area contributed by atoms with Crippen molar-refractivity contribution in [1.29, 1.82) is 5.26 Å². The van der Waals surface area contributed by atoms with E-state index in [-0.39, 0.29) is 31.0 Å². The van der Waals surface area contributed by atoms with Gasteiger partial charge in [0.1, 0.15) is 18.2 Å². The van der Waals surface area contributed by atoms with Crippen molar-refractivity contribution < 1.29 is 23.8 Å². The minimum Gasteiger partial charge on any atom is -0.458 e. The molecule has 1 unspecified atom stereocenters. The molecule has 0 aliphatic rings. The summed E-state index contributed by atoms with van der Waals surface area (Å²) in [7, 11) is 0. The van der Waals surface area contributed by atoms with Gasteiger partial charge in [-0.2, -0.15) is 5.26 Å². The minimum atomic E-state index is -0.912. The summed E-state index contributed by atoms with van der Waals surface area (Å²) in [5.74, 6) is -1.43. The van der Waals surface area contributed by atoms with Crippen LogP contribution in [-0.2, 0) is 30.4 Å². The van der Waals surface area contributed by atoms with Gasteiger partial charge in [-0.25, -0.2) is 9.59 Å². The highest BCUT2D eigenvalue weighted by atomic mass is 16.6. The van der Waals surface area contributed by atoms with E-state index in [1.807, 2.05) is 54.6 Å². The molecule has 0 fully saturated rings. The van der Waals surface area contributed by atoms with Crippen LogP contribution in [0.3, 0.4) is 0 Å². The number of hydrogen-bond acceptors (Lipinski definition) is 7. The summed E-state index contributed by atoms with van der Waals surface area (Å²) < 4.78 is 16.4. The molecule has 2 aromatic carbocycles. The maximum atomic E-state index is 12.8. The van der Waals surface area contributed by atoms with Gasteiger partial charge in [-0.1, -0.05) is 55.6 Å². The zero-order valence-corrected chi connectivity index (χ0v) is 21.7. The number of ether oxygens (including phenoxy) is 3. The Morgan fingerprint density at radius 1 is 1.00 bits per heavy atom. The molecule has 7 nitrogen and oxygen atoms in total. The number of carbonyl (C=O) groups excluding carboxylic acids is 2. The predicted octanol–water partition coefficient (Wildman–Crippen LogP) is 5.33. The maximum absolute atomic E-state index is 12.8. The molecular formula is C30H34N2O5. The van der Waals surface area contributed by atoms with Gasteiger partial charge in [0.05, 0.1) is 13.2 Å². The number of esters is 2. The lowest BCUT2D eigenvalue weighted by atomic mass is 10.1. The van der Waals surface area contributed by atoms with Crippen molar-refractivity contribution in [2.24, 2.45) is 0 Å². The van der Waals surface area contributed by atoms with Gasteiger partial charge in [-0.15, -0.1) is 0 Å². The first-order chi connectivity index (χ1) is 17.8. The van der Waals surface area contributed by atoms with E-state index < -0.39 is 18.0 Å². The fourth-order valence-corrected chi connectivity index (χ4v) is 3.35. The number of nitriles is 1. The molecule has 0 bridgehead atoms. The van der Waals surface area contributed by atoms with E-state index in [9.17, 15) is 14.9 Å². The largest absolute Gasteiger partial charge is 0.458 e. The molecule has 0 aromatic heterocycles. The van der Waals surface area contributed by atoms with Gasteiger partial charge in [0.2, 0.25) is 0 Å². The molecule has 0 amide bonds. The van der Waals surface area contributed by atoms with Crippen LogP contribution < -0.4 is 4.90 Å². The number of carbonyl (C=O) groups is 2. The topological polar surface area (TPSA) is 88.9 Å². The highest BCUT2D eigenvalue weighted by molar-refractivity contribution is 5.98. The van der Waals surface area contributed by atoms with E-state index in [1.165, 1.54) is 13.0 Å². The summed E-state index contributed by atoms with van der Waals surface area (Å²) in [6, 6.07) is 17.1. The fraction of sp³-hybridized carbons (Fsp3) is 0.300. The van der Waals surface area contributed by atoms with Gasteiger partial charge in [0.15, 0.2) is 6.10 Å². The Morgan fingerprint density at radius 3 is 2.16 bits per heavy atom. The third-order valence-electron chi connectivity index (χ3n) is 5.48. The molecule has 1 atom stereocenters. The summed E-state index contributed by atoms with van der Waals surface area (Å²) in [4.78, 5) is 26.8. The molecule has 7 heteroatoms. The van der Waals surface area contributed by atoms with Crippen molar-refractivity contribution >= 4 is 29.8 Å². The van der Waals surface area contributed by atoms with E-state index in [2.05, 4.69) is 31.9 Å². The molecule has 0 N–H and O–H groups in total. The lowest BCUT2D eigenvalue weighted by Crippen LogP contribution is -2.30. The Morgan fingerprint density at radius 2 is 1.62 bits per heavy atom. The highest BCUT2D eigenvalue weighted by Gasteiger charge is 2.21. The molecule has 194 valence electrons. The summed E-state index contributed by atoms with van der Waals surface area (Å²) in [6.07, 6.45) is 2.30. The van der Waals surface area contributed by atoms with Crippen LogP contribution in [0.5, 0.6) is 0 Å². The molecule has 0 aliphatic heterocycles. The van der Waals surface area contributed by atoms with Gasteiger partial charge in [0, 0.05) is 24.4 Å². The molecule has 0 aliphatic carbocycles. The standard InChI is InChI=1S/C30H34N2O5/c1-6-23-9-11-25(12-10-23)19-35-20-28(21-36-29(33)22(4)5)37-30(34)26(18-31)17-24-13-15-27(16-14-24)32(7-2)8-3/h6,9-17,28H,1,4,7-8,19-21H2,2-3,5H3/b26-17+. The average Bonchev–Trinajstić information content (AvgIpc) is 2.91. The molecule has 0 radical (unpaired) electrons. The molecule has 0 heterocycles. The number of benzene rings is 2. The lowest BCUT2D eigenvalue weighted by molar-refractivity contribution is -0.157. The highest BCUT2D eigenvalue weighted by Crippen LogP contribution is 2.17. The summed E-state index contributed by atoms with van der Waals surface area (Å²) in [5, 5.41) is 9.59. The van der Waals surface area contributed by atoms with Gasteiger partial charge in [0.25, 0.3) is 0 Å². The van der Waals surface area contributed by atoms with Crippen molar-refractivity contribution in [3.8, 4) is 6.07 Å². The minimum absolute atomic E-state index is 0.0320. The van der Waals surface area contributed by atoms with Crippen LogP contribution >= 0.6 is 0 Å². The van der Waals surface area contributed by atoms with Gasteiger partial charge >= 0.3 is 11.9 Å². The second-order valence-electron chi connectivity index (χ2n) is 8.30. The second kappa shape index (κ2) is 15.1. The number of hydrogen-bond donors (Lipinski definition) is 0. The van der Waals surface area contributed by atoms with Crippen molar-refractivity contribution in [2.45, 2.75) is 33.5 Å². The predicted molar refractivity (Wildman–Crippen MR) is 145 cm³/mol. The van der Waals surface area contributed by atoms with E-state index in [1.54, 1.807) is 6.08 Å². The van der Waals surface area contributed by atoms with Gasteiger partial charge in [-0.05, 0) is 55.7 Å². The van der Waals surface area contributed by atoms with E-state index in [4.69, 9.17) is 14.2 Å². The zero-order valence-electron chi connectivity index (χ0n) is 21.7. The van der Waals surface area contributed by atoms with Crippen LogP contribution in [0.25, 0.3) is 12.2 Å². The lowest BCUT2D eigenvalue weighted by Gasteiger charge is -2.21. The Balaban J connectivity index is 2.08. The van der Waals surface area contributed by atoms with Crippen molar-refractivity contribution in [3.63, 3.8) is 0 Å². The summed E-state index contributed by atoms with van der Waals surface area (Å²) in [5.41, 5.74) is 3.69. The van der Waals surface area contributed by atoms with E-state index >= 15 is 0 Å². The molecular weight excluding hydrogens is 468 g/mol. The van der Waals surface area contributed by atoms with E-state index in [0.717, 1.165) is 29.9 Å². The molecule has 0 saturated carbocycles. The number of anilines is 1. The SMILES string of the molecule is C=Cc1ccc(COCC(COC(=O)C(=C)C)OC(=O)/C(C#N)=C/c2ccc(N(CC)CC)cc2)cc1. The normalized spacial score (nSPS) is 11.7. The Labute approximate surface area is 219 Å². The molecule has 0 saturated heterocycles. The Hall–Kier alpha value is -4.15. The average molecular weight is 503 g/mol.